The summed E-state index contributed by atoms with van der Waals surface area (Å²) in [4.78, 5) is 87.9. The van der Waals surface area contributed by atoms with Crippen LogP contribution in [0.15, 0.2) is 46.0 Å². The van der Waals surface area contributed by atoms with Crippen LogP contribution >= 0.6 is 11.8 Å². The van der Waals surface area contributed by atoms with Crippen molar-refractivity contribution in [2.75, 3.05) is 38.8 Å². The number of rotatable bonds is 8. The number of aromatic nitrogens is 1. The zero-order valence-electron chi connectivity index (χ0n) is 26.2. The number of esters is 1. The van der Waals surface area contributed by atoms with E-state index in [0.29, 0.717) is 16.8 Å². The Morgan fingerprint density at radius 1 is 1.11 bits per heavy atom. The number of oxazole rings is 1. The Morgan fingerprint density at radius 2 is 1.81 bits per heavy atom. The highest BCUT2D eigenvalue weighted by Crippen LogP contribution is 2.51. The number of nitrogens with zero attached hydrogens (tertiary/aromatic N) is 3. The number of Topliss-reactive ketones (excluding diaryl/α,β-unsaturated/α-hetero) is 4. The predicted molar refractivity (Wildman–Crippen MR) is 169 cm³/mol. The molecule has 2 aromatic carbocycles. The molecular formula is C33H34N4O9S. The summed E-state index contributed by atoms with van der Waals surface area (Å²) in [6.45, 7) is 0.109. The Labute approximate surface area is 273 Å². The van der Waals surface area contributed by atoms with Gasteiger partial charge in [0.2, 0.25) is 5.91 Å². The molecule has 3 aromatic rings. The van der Waals surface area contributed by atoms with E-state index in [-0.39, 0.29) is 41.6 Å². The van der Waals surface area contributed by atoms with Gasteiger partial charge in [-0.2, -0.15) is 0 Å². The number of nitrogens with two attached hydrogens (primary N) is 1. The second-order valence-corrected chi connectivity index (χ2v) is 13.6. The number of ketones is 4. The molecule has 2 unspecified atom stereocenters. The van der Waals surface area contributed by atoms with Gasteiger partial charge in [-0.1, -0.05) is 42.1 Å². The third-order valence-electron chi connectivity index (χ3n) is 9.44. The number of thioether (sulfide) groups is 1. The van der Waals surface area contributed by atoms with Crippen molar-refractivity contribution in [3.63, 3.8) is 0 Å². The average molecular weight is 663 g/mol. The molecule has 6 atom stereocenters. The molecule has 3 aliphatic carbocycles. The summed E-state index contributed by atoms with van der Waals surface area (Å²) in [6.07, 6.45) is 0.210. The number of hydrogen-bond donors (Lipinski definition) is 2. The molecule has 2 saturated carbocycles. The van der Waals surface area contributed by atoms with Crippen molar-refractivity contribution in [1.29, 1.82) is 0 Å². The minimum atomic E-state index is -2.77. The topological polar surface area (TPSA) is 190 Å². The van der Waals surface area contributed by atoms with Gasteiger partial charge in [0, 0.05) is 25.7 Å². The van der Waals surface area contributed by atoms with Crippen molar-refractivity contribution < 1.29 is 43.0 Å². The highest BCUT2D eigenvalue weighted by atomic mass is 32.2. The molecule has 13 nitrogen and oxygen atoms in total. The third-order valence-corrected chi connectivity index (χ3v) is 10.2. The largest absolute Gasteiger partial charge is 0.460 e. The molecule has 3 aliphatic rings. The van der Waals surface area contributed by atoms with Crippen LogP contribution in [0, 0.1) is 23.7 Å². The van der Waals surface area contributed by atoms with E-state index in [4.69, 9.17) is 14.9 Å². The summed E-state index contributed by atoms with van der Waals surface area (Å²) in [6, 6.07) is 9.83. The molecule has 2 fully saturated rings. The number of primary amides is 1. The van der Waals surface area contributed by atoms with Crippen LogP contribution in [-0.4, -0.2) is 95.6 Å². The highest BCUT2D eigenvalue weighted by molar-refractivity contribution is 7.99. The van der Waals surface area contributed by atoms with E-state index >= 15 is 0 Å². The van der Waals surface area contributed by atoms with Gasteiger partial charge in [-0.15, -0.1) is 0 Å². The first-order chi connectivity index (χ1) is 22.2. The maximum Gasteiger partial charge on any atom is 0.316 e. The predicted octanol–water partition coefficient (Wildman–Crippen LogP) is 1.20. The van der Waals surface area contributed by atoms with E-state index in [9.17, 15) is 33.9 Å². The van der Waals surface area contributed by atoms with Crippen LogP contribution < -0.4 is 10.6 Å². The van der Waals surface area contributed by atoms with Crippen LogP contribution in [0.2, 0.25) is 0 Å². The maximum absolute atomic E-state index is 14.4. The number of likely N-dealkylation sites (N-methyl/N-ethyl adjacent to an activating group) is 1. The number of carbonyl (C=O) groups excluding carboxylic acids is 6. The Balaban J connectivity index is 1.35. The Bertz CT molecular complexity index is 1840. The zero-order valence-corrected chi connectivity index (χ0v) is 27.0. The number of anilines is 1. The number of carbonyl (C=O) groups is 6. The van der Waals surface area contributed by atoms with E-state index in [1.165, 1.54) is 4.90 Å². The van der Waals surface area contributed by atoms with Gasteiger partial charge in [0.25, 0.3) is 5.22 Å². The van der Waals surface area contributed by atoms with E-state index in [2.05, 4.69) is 4.98 Å². The van der Waals surface area contributed by atoms with Crippen molar-refractivity contribution in [3.8, 4) is 0 Å². The molecule has 1 amide bonds. The molecule has 14 heteroatoms. The van der Waals surface area contributed by atoms with Crippen LogP contribution in [-0.2, 0) is 41.7 Å². The molecule has 3 N–H and O–H groups in total. The summed E-state index contributed by atoms with van der Waals surface area (Å²) in [5, 5.41) is 12.0. The number of aliphatic hydroxyl groups is 1. The van der Waals surface area contributed by atoms with Gasteiger partial charge < -0.3 is 24.9 Å². The highest BCUT2D eigenvalue weighted by Gasteiger charge is 2.69. The van der Waals surface area contributed by atoms with Crippen LogP contribution in [0.4, 0.5) is 5.69 Å². The van der Waals surface area contributed by atoms with Gasteiger partial charge in [0.1, 0.15) is 17.9 Å². The molecule has 0 radical (unpaired) electrons. The van der Waals surface area contributed by atoms with Gasteiger partial charge in [0.15, 0.2) is 40.2 Å². The van der Waals surface area contributed by atoms with Gasteiger partial charge in [0.05, 0.1) is 17.5 Å². The Kier molecular flexibility index (Phi) is 8.31. The monoisotopic (exact) mass is 662 g/mol. The van der Waals surface area contributed by atoms with Crippen LogP contribution in [0.5, 0.6) is 0 Å². The lowest BCUT2D eigenvalue weighted by Gasteiger charge is -2.52. The second-order valence-electron chi connectivity index (χ2n) is 12.7. The standard InChI is InChI=1S/C33H34N4O9S/c1-36(2)20-12-19-28(46-32(35-19)47-14-21(38)45-13-15-8-6-5-7-9-15)23-17(20)10-16-11-18-25(37(3)4)27(40)24(31(34)43)30(42)33(18,44)29(41)22(16)26(23)39/h5-9,12,16,18,22,24-25,44H,10-11,13-14H2,1-4H3,(H2,34,43)/t16-,18-,22?,24?,25-,33-/m0/s1. The average Bonchev–Trinajstić information content (AvgIpc) is 3.43. The minimum Gasteiger partial charge on any atom is -0.460 e. The number of benzene rings is 2. The van der Waals surface area contributed by atoms with Crippen LogP contribution in [0.25, 0.3) is 11.1 Å². The third kappa shape index (κ3) is 5.24. The molecule has 0 aliphatic heterocycles. The summed E-state index contributed by atoms with van der Waals surface area (Å²) < 4.78 is 11.3. The molecular weight excluding hydrogens is 628 g/mol. The number of fused-ring (bicyclic) bond motifs is 5. The van der Waals surface area contributed by atoms with E-state index in [0.717, 1.165) is 17.3 Å². The van der Waals surface area contributed by atoms with E-state index in [1.54, 1.807) is 34.3 Å². The number of hydrogen-bond acceptors (Lipinski definition) is 13. The fourth-order valence-electron chi connectivity index (χ4n) is 7.38. The lowest BCUT2D eigenvalue weighted by atomic mass is 9.52. The van der Waals surface area contributed by atoms with Crippen molar-refractivity contribution >= 4 is 63.6 Å². The normalized spacial score (nSPS) is 27.0. The molecule has 47 heavy (non-hydrogen) atoms. The lowest BCUT2D eigenvalue weighted by Crippen LogP contribution is -2.74. The smallest absolute Gasteiger partial charge is 0.316 e. The first-order valence-corrected chi connectivity index (χ1v) is 16.0. The molecule has 1 heterocycles. The number of amides is 1. The maximum atomic E-state index is 14.4. The van der Waals surface area contributed by atoms with E-state index in [1.807, 2.05) is 35.2 Å². The molecule has 0 spiro atoms. The Hall–Kier alpha value is -4.40. The van der Waals surface area contributed by atoms with Gasteiger partial charge in [-0.25, -0.2) is 4.98 Å². The molecule has 1 aromatic heterocycles. The van der Waals surface area contributed by atoms with E-state index < -0.39 is 70.3 Å². The number of ether oxygens (including phenoxy) is 1. The summed E-state index contributed by atoms with van der Waals surface area (Å²) in [5.41, 5.74) is 5.28. The molecule has 246 valence electrons. The van der Waals surface area contributed by atoms with Crippen LogP contribution in [0.3, 0.4) is 0 Å². The first kappa shape index (κ1) is 32.5. The van der Waals surface area contributed by atoms with Gasteiger partial charge >= 0.3 is 5.97 Å². The summed E-state index contributed by atoms with van der Waals surface area (Å²) in [7, 11) is 6.70. The van der Waals surface area contributed by atoms with Crippen molar-refractivity contribution in [1.82, 2.24) is 9.88 Å². The fourth-order valence-corrected chi connectivity index (χ4v) is 8.01. The zero-order chi connectivity index (χ0) is 33.9. The second kappa shape index (κ2) is 12.0. The quantitative estimate of drug-likeness (QED) is 0.199. The summed E-state index contributed by atoms with van der Waals surface area (Å²) >= 11 is 0.990. The van der Waals surface area contributed by atoms with Crippen molar-refractivity contribution in [2.45, 2.75) is 36.3 Å². The molecule has 6 rings (SSSR count). The summed E-state index contributed by atoms with van der Waals surface area (Å²) in [5.74, 6) is -10.9. The van der Waals surface area contributed by atoms with Gasteiger partial charge in [-0.05, 0) is 50.0 Å². The van der Waals surface area contributed by atoms with Crippen molar-refractivity contribution in [3.05, 3.63) is 53.1 Å². The fraction of sp³-hybridized carbons (Fsp3) is 0.424. The Morgan fingerprint density at radius 3 is 2.45 bits per heavy atom. The van der Waals surface area contributed by atoms with Crippen molar-refractivity contribution in [2.24, 2.45) is 29.4 Å². The lowest BCUT2D eigenvalue weighted by molar-refractivity contribution is -0.181. The van der Waals surface area contributed by atoms with Crippen LogP contribution in [0.1, 0.15) is 27.9 Å². The molecule has 0 saturated heterocycles. The van der Waals surface area contributed by atoms with Gasteiger partial charge in [-0.3, -0.25) is 33.7 Å². The first-order valence-electron chi connectivity index (χ1n) is 15.1. The molecule has 0 bridgehead atoms. The SMILES string of the molecule is CN(C)c1cc2nc(SCC(=O)OCc3ccccc3)oc2c2c1C[C@H]1C[C@H]3[C@H](N(C)C)C(=O)C(C(N)=O)C(=O)[C@@]3(O)C(=O)C1C2=O. The minimum absolute atomic E-state index is 0.00258.